The van der Waals surface area contributed by atoms with Crippen molar-refractivity contribution in [2.45, 2.75) is 46.5 Å². The number of nitrogens with one attached hydrogen (secondary N) is 2. The van der Waals surface area contributed by atoms with Crippen LogP contribution in [0.1, 0.15) is 56.5 Å². The van der Waals surface area contributed by atoms with E-state index in [9.17, 15) is 4.79 Å². The lowest BCUT2D eigenvalue weighted by atomic mass is 9.88. The van der Waals surface area contributed by atoms with E-state index in [0.29, 0.717) is 6.54 Å². The van der Waals surface area contributed by atoms with Gasteiger partial charge in [0.1, 0.15) is 5.82 Å². The minimum atomic E-state index is -0.254. The molecule has 19 heavy (non-hydrogen) atoms. The molecule has 6 nitrogen and oxygen atoms in total. The Morgan fingerprint density at radius 1 is 1.47 bits per heavy atom. The van der Waals surface area contributed by atoms with Crippen LogP contribution in [-0.2, 0) is 6.42 Å². The smallest absolute Gasteiger partial charge is 0.290 e. The molecule has 6 heteroatoms. The minimum Gasteiger partial charge on any atom is -0.396 e. The van der Waals surface area contributed by atoms with Crippen LogP contribution >= 0.6 is 0 Å². The number of amides is 1. The topological polar surface area (TPSA) is 90.9 Å². The van der Waals surface area contributed by atoms with Gasteiger partial charge in [-0.3, -0.25) is 9.89 Å². The highest BCUT2D eigenvalue weighted by molar-refractivity contribution is 5.90. The molecule has 3 N–H and O–H groups in total. The normalized spacial score (nSPS) is 11.6. The molecule has 0 aromatic carbocycles. The van der Waals surface area contributed by atoms with E-state index in [1.54, 1.807) is 0 Å². The minimum absolute atomic E-state index is 0.0407. The summed E-state index contributed by atoms with van der Waals surface area (Å²) in [7, 11) is 0. The van der Waals surface area contributed by atoms with Gasteiger partial charge in [0.2, 0.25) is 5.82 Å². The number of aliphatic hydroxyl groups excluding tert-OH is 1. The first kappa shape index (κ1) is 15.6. The number of hydrogen-bond donors (Lipinski definition) is 3. The second kappa shape index (κ2) is 7.23. The van der Waals surface area contributed by atoms with Crippen LogP contribution in [0.5, 0.6) is 0 Å². The average Bonchev–Trinajstić information content (AvgIpc) is 2.83. The third-order valence-corrected chi connectivity index (χ3v) is 2.96. The Balaban J connectivity index is 2.45. The summed E-state index contributed by atoms with van der Waals surface area (Å²) in [4.78, 5) is 16.0. The predicted molar refractivity (Wildman–Crippen MR) is 72.8 cm³/mol. The van der Waals surface area contributed by atoms with Crippen LogP contribution in [0, 0.1) is 5.41 Å². The zero-order chi connectivity index (χ0) is 14.3. The lowest BCUT2D eigenvalue weighted by Gasteiger charge is -2.24. The van der Waals surface area contributed by atoms with E-state index in [2.05, 4.69) is 34.3 Å². The van der Waals surface area contributed by atoms with Crippen LogP contribution in [0.25, 0.3) is 0 Å². The van der Waals surface area contributed by atoms with Crippen LogP contribution in [0.15, 0.2) is 0 Å². The van der Waals surface area contributed by atoms with Crippen molar-refractivity contribution in [1.29, 1.82) is 0 Å². The van der Waals surface area contributed by atoms with Gasteiger partial charge in [0.15, 0.2) is 0 Å². The van der Waals surface area contributed by atoms with E-state index in [1.807, 2.05) is 6.92 Å². The molecule has 0 bridgehead atoms. The summed E-state index contributed by atoms with van der Waals surface area (Å²) >= 11 is 0. The highest BCUT2D eigenvalue weighted by Crippen LogP contribution is 2.20. The highest BCUT2D eigenvalue weighted by atomic mass is 16.2. The lowest BCUT2D eigenvalue weighted by molar-refractivity contribution is 0.0923. The van der Waals surface area contributed by atoms with Crippen molar-refractivity contribution < 1.29 is 9.90 Å². The summed E-state index contributed by atoms with van der Waals surface area (Å²) in [5, 5.41) is 18.3. The number of aromatic amines is 1. The molecule has 0 spiro atoms. The second-order valence-electron chi connectivity index (χ2n) is 5.53. The molecular formula is C13H24N4O2. The predicted octanol–water partition coefficient (Wildman–Crippen LogP) is 1.29. The molecule has 0 radical (unpaired) electrons. The standard InChI is InChI=1S/C13H24N4O2/c1-4-6-10-15-11(17-16-10)12(19)14-9-13(2,3)7-5-8-18/h18H,4-9H2,1-3H3,(H,14,19)(H,15,16,17). The Hall–Kier alpha value is -1.43. The molecule has 0 aliphatic heterocycles. The van der Waals surface area contributed by atoms with Crippen LogP contribution in [-0.4, -0.2) is 39.3 Å². The molecule has 0 aliphatic carbocycles. The number of carbonyl (C=O) groups excluding carboxylic acids is 1. The summed E-state index contributed by atoms with van der Waals surface area (Å²) in [5.41, 5.74) is -0.0407. The summed E-state index contributed by atoms with van der Waals surface area (Å²) < 4.78 is 0. The van der Waals surface area contributed by atoms with Crippen molar-refractivity contribution in [2.75, 3.05) is 13.2 Å². The summed E-state index contributed by atoms with van der Waals surface area (Å²) in [6, 6.07) is 0. The van der Waals surface area contributed by atoms with Crippen LogP contribution in [0.2, 0.25) is 0 Å². The van der Waals surface area contributed by atoms with Crippen molar-refractivity contribution in [3.05, 3.63) is 11.6 Å². The van der Waals surface area contributed by atoms with E-state index in [4.69, 9.17) is 5.11 Å². The number of aryl methyl sites for hydroxylation is 1. The number of carbonyl (C=O) groups is 1. The molecule has 1 heterocycles. The van der Waals surface area contributed by atoms with Gasteiger partial charge >= 0.3 is 0 Å². The highest BCUT2D eigenvalue weighted by Gasteiger charge is 2.20. The van der Waals surface area contributed by atoms with E-state index < -0.39 is 0 Å². The van der Waals surface area contributed by atoms with Crippen molar-refractivity contribution in [1.82, 2.24) is 20.5 Å². The molecule has 1 amide bonds. The first-order valence-electron chi connectivity index (χ1n) is 6.79. The monoisotopic (exact) mass is 268 g/mol. The third kappa shape index (κ3) is 5.38. The van der Waals surface area contributed by atoms with Crippen molar-refractivity contribution in [3.8, 4) is 0 Å². The third-order valence-electron chi connectivity index (χ3n) is 2.96. The number of rotatable bonds is 8. The van der Waals surface area contributed by atoms with Gasteiger partial charge in [-0.2, -0.15) is 0 Å². The first-order valence-corrected chi connectivity index (χ1v) is 6.79. The number of aromatic nitrogens is 3. The van der Waals surface area contributed by atoms with Crippen molar-refractivity contribution in [2.24, 2.45) is 5.41 Å². The molecule has 0 fully saturated rings. The number of aliphatic hydroxyl groups is 1. The summed E-state index contributed by atoms with van der Waals surface area (Å²) in [6.07, 6.45) is 3.36. The van der Waals surface area contributed by atoms with Crippen LogP contribution in [0.4, 0.5) is 0 Å². The zero-order valence-electron chi connectivity index (χ0n) is 12.0. The maximum absolute atomic E-state index is 11.9. The quantitative estimate of drug-likeness (QED) is 0.662. The SMILES string of the molecule is CCCc1nc(C(=O)NCC(C)(C)CCCO)n[nH]1. The number of nitrogens with zero attached hydrogens (tertiary/aromatic N) is 2. The van der Waals surface area contributed by atoms with E-state index >= 15 is 0 Å². The van der Waals surface area contributed by atoms with E-state index in [0.717, 1.165) is 31.5 Å². The first-order chi connectivity index (χ1) is 8.98. The number of hydrogen-bond acceptors (Lipinski definition) is 4. The van der Waals surface area contributed by atoms with E-state index in [1.165, 1.54) is 0 Å². The molecule has 0 saturated carbocycles. The van der Waals surface area contributed by atoms with Crippen LogP contribution in [0.3, 0.4) is 0 Å². The molecule has 0 atom stereocenters. The molecular weight excluding hydrogens is 244 g/mol. The summed E-state index contributed by atoms with van der Waals surface area (Å²) in [6.45, 7) is 6.89. The largest absolute Gasteiger partial charge is 0.396 e. The van der Waals surface area contributed by atoms with Gasteiger partial charge in [0.25, 0.3) is 5.91 Å². The van der Waals surface area contributed by atoms with Crippen molar-refractivity contribution in [3.63, 3.8) is 0 Å². The molecule has 1 aromatic rings. The van der Waals surface area contributed by atoms with Gasteiger partial charge in [0, 0.05) is 19.6 Å². The molecule has 108 valence electrons. The fourth-order valence-electron chi connectivity index (χ4n) is 1.79. The summed E-state index contributed by atoms with van der Waals surface area (Å²) in [5.74, 6) is 0.685. The van der Waals surface area contributed by atoms with Gasteiger partial charge in [-0.25, -0.2) is 4.98 Å². The Morgan fingerprint density at radius 2 is 2.21 bits per heavy atom. The number of H-pyrrole nitrogens is 1. The maximum atomic E-state index is 11.9. The van der Waals surface area contributed by atoms with Gasteiger partial charge < -0.3 is 10.4 Å². The molecule has 1 aromatic heterocycles. The Bertz CT molecular complexity index is 401. The second-order valence-corrected chi connectivity index (χ2v) is 5.53. The zero-order valence-corrected chi connectivity index (χ0v) is 12.0. The molecule has 0 aliphatic rings. The lowest BCUT2D eigenvalue weighted by Crippen LogP contribution is -2.34. The Labute approximate surface area is 114 Å². The molecule has 0 unspecified atom stereocenters. The van der Waals surface area contributed by atoms with Gasteiger partial charge in [0.05, 0.1) is 0 Å². The van der Waals surface area contributed by atoms with Gasteiger partial charge in [-0.1, -0.05) is 20.8 Å². The average molecular weight is 268 g/mol. The Morgan fingerprint density at radius 3 is 2.84 bits per heavy atom. The molecule has 0 saturated heterocycles. The van der Waals surface area contributed by atoms with E-state index in [-0.39, 0.29) is 23.8 Å². The van der Waals surface area contributed by atoms with Gasteiger partial charge in [-0.15, -0.1) is 5.10 Å². The molecule has 1 rings (SSSR count). The van der Waals surface area contributed by atoms with Crippen LogP contribution < -0.4 is 5.32 Å². The maximum Gasteiger partial charge on any atom is 0.290 e. The van der Waals surface area contributed by atoms with Gasteiger partial charge in [-0.05, 0) is 24.7 Å². The Kier molecular flexibility index (Phi) is 5.95. The van der Waals surface area contributed by atoms with Crippen molar-refractivity contribution >= 4 is 5.91 Å². The fraction of sp³-hybridized carbons (Fsp3) is 0.769. The fourth-order valence-corrected chi connectivity index (χ4v) is 1.79.